The van der Waals surface area contributed by atoms with Gasteiger partial charge in [0.25, 0.3) is 0 Å². The molecular weight excluding hydrogens is 271 g/mol. The summed E-state index contributed by atoms with van der Waals surface area (Å²) in [6, 6.07) is 0. The second kappa shape index (κ2) is 10.3. The van der Waals surface area contributed by atoms with E-state index in [9.17, 15) is 0 Å². The lowest BCUT2D eigenvalue weighted by molar-refractivity contribution is -0.891. The molecule has 0 aromatic rings. The van der Waals surface area contributed by atoms with Gasteiger partial charge in [0.05, 0.1) is 27.2 Å². The average Bonchev–Trinajstić information content (AvgIpc) is 2.25. The quantitative estimate of drug-likeness (QED) is 0.329. The van der Waals surface area contributed by atoms with E-state index in [0.29, 0.717) is 5.92 Å². The standard InChI is InChI=1S/C13H29Cl2N2O/c1-5-6-10-18-11-9-17(3,4)8-7-13(2)12-16(14)15/h13H,5-12H2,1-4H3/q+1. The van der Waals surface area contributed by atoms with Crippen LogP contribution in [0.25, 0.3) is 0 Å². The number of ether oxygens (including phenoxy) is 1. The summed E-state index contributed by atoms with van der Waals surface area (Å²) in [7, 11) is 4.49. The molecule has 0 rings (SSSR count). The summed E-state index contributed by atoms with van der Waals surface area (Å²) >= 11 is 11.3. The second-order valence-electron chi connectivity index (χ2n) is 5.73. The predicted molar refractivity (Wildman–Crippen MR) is 79.8 cm³/mol. The van der Waals surface area contributed by atoms with Gasteiger partial charge in [-0.05, 0) is 35.9 Å². The Morgan fingerprint density at radius 2 is 1.83 bits per heavy atom. The fourth-order valence-corrected chi connectivity index (χ4v) is 2.14. The van der Waals surface area contributed by atoms with Crippen LogP contribution in [0.5, 0.6) is 0 Å². The highest BCUT2D eigenvalue weighted by Gasteiger charge is 2.17. The Kier molecular flexibility index (Phi) is 10.5. The lowest BCUT2D eigenvalue weighted by atomic mass is 10.1. The normalized spacial score (nSPS) is 14.2. The summed E-state index contributed by atoms with van der Waals surface area (Å²) < 4.78 is 7.82. The molecule has 110 valence electrons. The number of likely N-dealkylation sites (N-methyl/N-ethyl adjacent to an activating group) is 1. The highest BCUT2D eigenvalue weighted by atomic mass is 35.5. The molecule has 0 aliphatic rings. The van der Waals surface area contributed by atoms with Crippen LogP contribution >= 0.6 is 23.6 Å². The van der Waals surface area contributed by atoms with Gasteiger partial charge in [0.15, 0.2) is 0 Å². The van der Waals surface area contributed by atoms with Crippen molar-refractivity contribution >= 4 is 23.6 Å². The largest absolute Gasteiger partial charge is 0.376 e. The number of nitrogens with zero attached hydrogens (tertiary/aromatic N) is 2. The molecule has 0 aliphatic heterocycles. The van der Waals surface area contributed by atoms with Crippen LogP contribution in [-0.4, -0.2) is 55.4 Å². The minimum Gasteiger partial charge on any atom is -0.376 e. The topological polar surface area (TPSA) is 12.5 Å². The van der Waals surface area contributed by atoms with Crippen molar-refractivity contribution in [1.82, 2.24) is 3.94 Å². The molecule has 0 amide bonds. The van der Waals surface area contributed by atoms with Crippen molar-refractivity contribution in [2.75, 3.05) is 46.9 Å². The summed E-state index contributed by atoms with van der Waals surface area (Å²) in [5.41, 5.74) is 0. The van der Waals surface area contributed by atoms with E-state index in [1.165, 1.54) is 10.4 Å². The van der Waals surface area contributed by atoms with Gasteiger partial charge >= 0.3 is 0 Å². The van der Waals surface area contributed by atoms with E-state index in [0.717, 1.165) is 50.2 Å². The highest BCUT2D eigenvalue weighted by molar-refractivity contribution is 6.33. The van der Waals surface area contributed by atoms with Gasteiger partial charge in [-0.25, -0.2) is 0 Å². The molecule has 0 aromatic carbocycles. The minimum atomic E-state index is 0.512. The molecule has 0 saturated carbocycles. The first-order valence-electron chi connectivity index (χ1n) is 6.86. The van der Waals surface area contributed by atoms with Crippen molar-refractivity contribution < 1.29 is 9.22 Å². The van der Waals surface area contributed by atoms with Crippen molar-refractivity contribution in [3.63, 3.8) is 0 Å². The van der Waals surface area contributed by atoms with Gasteiger partial charge in [0, 0.05) is 19.6 Å². The Labute approximate surface area is 123 Å². The molecule has 18 heavy (non-hydrogen) atoms. The fraction of sp³-hybridized carbons (Fsp3) is 1.00. The van der Waals surface area contributed by atoms with Crippen molar-refractivity contribution in [1.29, 1.82) is 0 Å². The van der Waals surface area contributed by atoms with Gasteiger partial charge in [-0.2, -0.15) is 0 Å². The van der Waals surface area contributed by atoms with Gasteiger partial charge in [-0.3, -0.25) is 0 Å². The first-order valence-corrected chi connectivity index (χ1v) is 7.54. The Balaban J connectivity index is 3.65. The highest BCUT2D eigenvalue weighted by Crippen LogP contribution is 2.12. The smallest absolute Gasteiger partial charge is 0.102 e. The molecule has 0 aliphatic carbocycles. The Hall–Kier alpha value is 0.460. The van der Waals surface area contributed by atoms with Crippen LogP contribution in [0.2, 0.25) is 0 Å². The first kappa shape index (κ1) is 18.5. The van der Waals surface area contributed by atoms with Crippen molar-refractivity contribution in [2.45, 2.75) is 33.1 Å². The Morgan fingerprint density at radius 3 is 2.39 bits per heavy atom. The van der Waals surface area contributed by atoms with Crippen molar-refractivity contribution in [3.05, 3.63) is 0 Å². The van der Waals surface area contributed by atoms with E-state index < -0.39 is 0 Å². The number of halogens is 2. The summed E-state index contributed by atoms with van der Waals surface area (Å²) in [5.74, 6) is 0.512. The Morgan fingerprint density at radius 1 is 1.17 bits per heavy atom. The molecule has 3 nitrogen and oxygen atoms in total. The number of hydrogen-bond donors (Lipinski definition) is 0. The summed E-state index contributed by atoms with van der Waals surface area (Å²) in [6.07, 6.45) is 3.48. The zero-order chi connectivity index (χ0) is 14.0. The maximum absolute atomic E-state index is 5.63. The Bertz CT molecular complexity index is 201. The molecule has 0 heterocycles. The predicted octanol–water partition coefficient (Wildman–Crippen LogP) is 3.52. The zero-order valence-electron chi connectivity index (χ0n) is 12.3. The van der Waals surface area contributed by atoms with Gasteiger partial charge < -0.3 is 9.22 Å². The third-order valence-corrected chi connectivity index (χ3v) is 3.44. The van der Waals surface area contributed by atoms with E-state index in [-0.39, 0.29) is 0 Å². The van der Waals surface area contributed by atoms with Gasteiger partial charge in [0.1, 0.15) is 6.54 Å². The molecule has 1 atom stereocenters. The first-order chi connectivity index (χ1) is 8.37. The van der Waals surface area contributed by atoms with E-state index in [4.69, 9.17) is 28.3 Å². The van der Waals surface area contributed by atoms with Crippen molar-refractivity contribution in [2.24, 2.45) is 5.92 Å². The summed E-state index contributed by atoms with van der Waals surface area (Å²) in [5, 5.41) is 0. The van der Waals surface area contributed by atoms with Crippen LogP contribution in [0.4, 0.5) is 0 Å². The molecule has 0 N–H and O–H groups in total. The third-order valence-electron chi connectivity index (χ3n) is 3.16. The van der Waals surface area contributed by atoms with Gasteiger partial charge in [-0.1, -0.05) is 20.3 Å². The maximum Gasteiger partial charge on any atom is 0.102 e. The number of quaternary nitrogens is 1. The number of unbranched alkanes of at least 4 members (excludes halogenated alkanes) is 1. The molecular formula is C13H29Cl2N2O+. The van der Waals surface area contributed by atoms with Crippen LogP contribution in [0.1, 0.15) is 33.1 Å². The summed E-state index contributed by atoms with van der Waals surface area (Å²) in [6.45, 7) is 8.99. The SMILES string of the molecule is CCCCOCC[N+](C)(C)CCC(C)CN(Cl)Cl. The van der Waals surface area contributed by atoms with Crippen LogP contribution in [-0.2, 0) is 4.74 Å². The number of hydrogen-bond acceptors (Lipinski definition) is 2. The molecule has 0 fully saturated rings. The molecule has 0 saturated heterocycles. The van der Waals surface area contributed by atoms with E-state index in [1.54, 1.807) is 0 Å². The molecule has 0 spiro atoms. The average molecular weight is 300 g/mol. The minimum absolute atomic E-state index is 0.512. The van der Waals surface area contributed by atoms with E-state index in [1.807, 2.05) is 0 Å². The molecule has 0 aromatic heterocycles. The van der Waals surface area contributed by atoms with Crippen LogP contribution in [0.15, 0.2) is 0 Å². The lowest BCUT2D eigenvalue weighted by Crippen LogP contribution is -2.43. The maximum atomic E-state index is 5.63. The number of rotatable bonds is 11. The molecule has 1 unspecified atom stereocenters. The van der Waals surface area contributed by atoms with Crippen LogP contribution in [0, 0.1) is 5.92 Å². The molecule has 0 radical (unpaired) electrons. The molecule has 0 bridgehead atoms. The van der Waals surface area contributed by atoms with Crippen LogP contribution in [0.3, 0.4) is 0 Å². The third kappa shape index (κ3) is 11.5. The summed E-state index contributed by atoms with van der Waals surface area (Å²) in [4.78, 5) is 0. The lowest BCUT2D eigenvalue weighted by Gasteiger charge is -2.31. The van der Waals surface area contributed by atoms with E-state index >= 15 is 0 Å². The van der Waals surface area contributed by atoms with E-state index in [2.05, 4.69) is 27.9 Å². The van der Waals surface area contributed by atoms with Crippen LogP contribution < -0.4 is 0 Å². The second-order valence-corrected chi connectivity index (χ2v) is 6.72. The fourth-order valence-electron chi connectivity index (χ4n) is 1.67. The van der Waals surface area contributed by atoms with Crippen molar-refractivity contribution in [3.8, 4) is 0 Å². The monoisotopic (exact) mass is 299 g/mol. The zero-order valence-corrected chi connectivity index (χ0v) is 13.8. The van der Waals surface area contributed by atoms with Gasteiger partial charge in [-0.15, -0.1) is 3.94 Å². The van der Waals surface area contributed by atoms with Gasteiger partial charge in [0.2, 0.25) is 0 Å². The molecule has 5 heteroatoms.